The smallest absolute Gasteiger partial charge is 0.338 e. The lowest BCUT2D eigenvalue weighted by molar-refractivity contribution is -0.143. The quantitative estimate of drug-likeness (QED) is 0.687. The van der Waals surface area contributed by atoms with Crippen LogP contribution in [0.4, 0.5) is 5.95 Å². The van der Waals surface area contributed by atoms with Crippen molar-refractivity contribution in [1.29, 1.82) is 0 Å². The number of methoxy groups -OCH3 is 1. The molecule has 0 radical (unpaired) electrons. The van der Waals surface area contributed by atoms with Gasteiger partial charge in [0.2, 0.25) is 5.95 Å². The zero-order valence-electron chi connectivity index (χ0n) is 16.4. The number of nitrogens with one attached hydrogen (secondary N) is 1. The number of imidazole rings is 1. The van der Waals surface area contributed by atoms with E-state index in [1.807, 2.05) is 69.3 Å². The average Bonchev–Trinajstić information content (AvgIpc) is 3.04. The molecular weight excluding hydrogens is 354 g/mol. The predicted molar refractivity (Wildman–Crippen MR) is 108 cm³/mol. The Balaban J connectivity index is 1.93. The molecule has 3 aromatic rings. The van der Waals surface area contributed by atoms with Crippen molar-refractivity contribution >= 4 is 23.0 Å². The Kier molecular flexibility index (Phi) is 4.55. The molecule has 0 saturated carbocycles. The summed E-state index contributed by atoms with van der Waals surface area (Å²) in [7, 11) is 1.64. The van der Waals surface area contributed by atoms with E-state index >= 15 is 0 Å². The summed E-state index contributed by atoms with van der Waals surface area (Å²) in [5.74, 6) is 1.14. The van der Waals surface area contributed by atoms with E-state index in [0.717, 1.165) is 28.0 Å². The molecular formula is C22H23N3O3. The first-order valence-electron chi connectivity index (χ1n) is 9.29. The van der Waals surface area contributed by atoms with Gasteiger partial charge in [0.25, 0.3) is 0 Å². The number of carbonyl (C=O) groups is 1. The van der Waals surface area contributed by atoms with Gasteiger partial charge in [0.1, 0.15) is 5.75 Å². The molecule has 28 heavy (non-hydrogen) atoms. The number of nitrogens with zero attached hydrogens (tertiary/aromatic N) is 2. The number of para-hydroxylation sites is 2. The molecule has 0 fully saturated rings. The molecule has 1 aliphatic rings. The second-order valence-electron chi connectivity index (χ2n) is 7.09. The number of hydrogen-bond donors (Lipinski definition) is 1. The van der Waals surface area contributed by atoms with Gasteiger partial charge in [-0.3, -0.25) is 4.57 Å². The van der Waals surface area contributed by atoms with Crippen LogP contribution >= 0.6 is 0 Å². The van der Waals surface area contributed by atoms with Crippen molar-refractivity contribution in [2.75, 3.05) is 12.4 Å². The monoisotopic (exact) mass is 377 g/mol. The molecule has 6 heteroatoms. The van der Waals surface area contributed by atoms with Gasteiger partial charge in [-0.15, -0.1) is 0 Å². The Labute approximate surface area is 163 Å². The highest BCUT2D eigenvalue weighted by molar-refractivity contribution is 5.94. The van der Waals surface area contributed by atoms with Crippen LogP contribution in [0.15, 0.2) is 59.8 Å². The van der Waals surface area contributed by atoms with Gasteiger partial charge >= 0.3 is 5.97 Å². The van der Waals surface area contributed by atoms with Crippen LogP contribution in [-0.2, 0) is 9.53 Å². The van der Waals surface area contributed by atoms with Crippen LogP contribution in [0, 0.1) is 0 Å². The van der Waals surface area contributed by atoms with Crippen LogP contribution < -0.4 is 10.1 Å². The number of benzene rings is 2. The first-order valence-corrected chi connectivity index (χ1v) is 9.29. The fraction of sp³-hybridized carbons (Fsp3) is 0.273. The summed E-state index contributed by atoms with van der Waals surface area (Å²) < 4.78 is 12.9. The largest absolute Gasteiger partial charge is 0.497 e. The third-order valence-electron chi connectivity index (χ3n) is 4.82. The summed E-state index contributed by atoms with van der Waals surface area (Å²) in [4.78, 5) is 17.7. The molecule has 1 N–H and O–H groups in total. The highest BCUT2D eigenvalue weighted by atomic mass is 16.5. The summed E-state index contributed by atoms with van der Waals surface area (Å²) >= 11 is 0. The van der Waals surface area contributed by atoms with E-state index in [0.29, 0.717) is 11.5 Å². The minimum atomic E-state index is -0.346. The molecule has 0 saturated heterocycles. The maximum atomic E-state index is 13.0. The van der Waals surface area contributed by atoms with Crippen molar-refractivity contribution < 1.29 is 14.3 Å². The fourth-order valence-electron chi connectivity index (χ4n) is 3.61. The van der Waals surface area contributed by atoms with Gasteiger partial charge in [0.05, 0.1) is 35.9 Å². The molecule has 0 aliphatic carbocycles. The molecule has 2 heterocycles. The Morgan fingerprint density at radius 1 is 1.14 bits per heavy atom. The van der Waals surface area contributed by atoms with Crippen LogP contribution in [0.5, 0.6) is 5.75 Å². The lowest BCUT2D eigenvalue weighted by atomic mass is 9.95. The highest BCUT2D eigenvalue weighted by Gasteiger charge is 2.35. The molecule has 6 nitrogen and oxygen atoms in total. The Bertz CT molecular complexity index is 1060. The maximum absolute atomic E-state index is 13.0. The van der Waals surface area contributed by atoms with Gasteiger partial charge in [0.15, 0.2) is 0 Å². The van der Waals surface area contributed by atoms with E-state index in [-0.39, 0.29) is 18.1 Å². The van der Waals surface area contributed by atoms with Crippen molar-refractivity contribution in [2.45, 2.75) is 32.9 Å². The zero-order valence-corrected chi connectivity index (χ0v) is 16.4. The average molecular weight is 377 g/mol. The molecule has 1 aromatic heterocycles. The number of hydrogen-bond acceptors (Lipinski definition) is 5. The third kappa shape index (κ3) is 3.01. The predicted octanol–water partition coefficient (Wildman–Crippen LogP) is 4.29. The normalized spacial score (nSPS) is 16.1. The minimum absolute atomic E-state index is 0.203. The number of carbonyl (C=O) groups excluding carboxylic acids is 1. The topological polar surface area (TPSA) is 65.4 Å². The molecule has 4 rings (SSSR count). The maximum Gasteiger partial charge on any atom is 0.338 e. The minimum Gasteiger partial charge on any atom is -0.497 e. The lowest BCUT2D eigenvalue weighted by Crippen LogP contribution is -2.29. The van der Waals surface area contributed by atoms with Gasteiger partial charge in [-0.05, 0) is 50.6 Å². The van der Waals surface area contributed by atoms with Crippen LogP contribution in [0.2, 0.25) is 0 Å². The summed E-state index contributed by atoms with van der Waals surface area (Å²) in [6.45, 7) is 5.59. The second kappa shape index (κ2) is 7.03. The van der Waals surface area contributed by atoms with E-state index in [1.165, 1.54) is 0 Å². The van der Waals surface area contributed by atoms with Crippen molar-refractivity contribution in [3.8, 4) is 5.75 Å². The van der Waals surface area contributed by atoms with Gasteiger partial charge in [0, 0.05) is 5.70 Å². The Hall–Kier alpha value is -3.28. The van der Waals surface area contributed by atoms with Gasteiger partial charge in [-0.1, -0.05) is 24.3 Å². The molecule has 1 atom stereocenters. The van der Waals surface area contributed by atoms with Gasteiger partial charge < -0.3 is 14.8 Å². The van der Waals surface area contributed by atoms with Crippen LogP contribution in [0.1, 0.15) is 32.4 Å². The molecule has 144 valence electrons. The lowest BCUT2D eigenvalue weighted by Gasteiger charge is -2.30. The van der Waals surface area contributed by atoms with Crippen LogP contribution in [0.25, 0.3) is 11.0 Å². The van der Waals surface area contributed by atoms with E-state index in [2.05, 4.69) is 9.88 Å². The number of esters is 1. The van der Waals surface area contributed by atoms with E-state index in [1.54, 1.807) is 7.11 Å². The van der Waals surface area contributed by atoms with E-state index < -0.39 is 0 Å². The molecule has 0 amide bonds. The second-order valence-corrected chi connectivity index (χ2v) is 7.09. The Morgan fingerprint density at radius 2 is 1.86 bits per heavy atom. The van der Waals surface area contributed by atoms with Crippen LogP contribution in [-0.4, -0.2) is 28.7 Å². The molecule has 0 spiro atoms. The first kappa shape index (κ1) is 18.1. The van der Waals surface area contributed by atoms with Crippen LogP contribution in [0.3, 0.4) is 0 Å². The van der Waals surface area contributed by atoms with E-state index in [4.69, 9.17) is 14.5 Å². The SMILES string of the molecule is COc1ccc(C2C(C(=O)OC(C)C)=C(C)Nc3nc4ccccc4n32)cc1. The zero-order chi connectivity index (χ0) is 19.8. The third-order valence-corrected chi connectivity index (χ3v) is 4.82. The summed E-state index contributed by atoms with van der Waals surface area (Å²) in [6.07, 6.45) is -0.203. The summed E-state index contributed by atoms with van der Waals surface area (Å²) in [5, 5.41) is 3.28. The number of anilines is 1. The fourth-order valence-corrected chi connectivity index (χ4v) is 3.61. The molecule has 1 aliphatic heterocycles. The van der Waals surface area contributed by atoms with Gasteiger partial charge in [-0.25, -0.2) is 9.78 Å². The van der Waals surface area contributed by atoms with Crippen molar-refractivity contribution in [1.82, 2.24) is 9.55 Å². The van der Waals surface area contributed by atoms with Crippen molar-refractivity contribution in [2.24, 2.45) is 0 Å². The number of rotatable bonds is 4. The van der Waals surface area contributed by atoms with Gasteiger partial charge in [-0.2, -0.15) is 0 Å². The molecule has 0 bridgehead atoms. The first-order chi connectivity index (χ1) is 13.5. The number of fused-ring (bicyclic) bond motifs is 3. The highest BCUT2D eigenvalue weighted by Crippen LogP contribution is 2.39. The molecule has 2 aromatic carbocycles. The number of ether oxygens (including phenoxy) is 2. The van der Waals surface area contributed by atoms with Crippen molar-refractivity contribution in [3.05, 3.63) is 65.4 Å². The number of allylic oxidation sites excluding steroid dienone is 1. The number of aromatic nitrogens is 2. The van der Waals surface area contributed by atoms with E-state index in [9.17, 15) is 4.79 Å². The Morgan fingerprint density at radius 3 is 2.54 bits per heavy atom. The van der Waals surface area contributed by atoms with Crippen molar-refractivity contribution in [3.63, 3.8) is 0 Å². The summed E-state index contributed by atoms with van der Waals surface area (Å²) in [6, 6.07) is 15.3. The molecule has 1 unspecified atom stereocenters. The standard InChI is InChI=1S/C22H23N3O3/c1-13(2)28-21(26)19-14(3)23-22-24-17-7-5-6-8-18(17)25(22)20(19)15-9-11-16(27-4)12-10-15/h5-13,20H,1-4H3,(H,23,24). The summed E-state index contributed by atoms with van der Waals surface area (Å²) in [5.41, 5.74) is 4.11.